The second-order valence-corrected chi connectivity index (χ2v) is 7.64. The fourth-order valence-electron chi connectivity index (χ4n) is 3.08. The molecule has 0 radical (unpaired) electrons. The first-order valence-corrected chi connectivity index (χ1v) is 8.79. The summed E-state index contributed by atoms with van der Waals surface area (Å²) in [5.41, 5.74) is 6.46. The molecule has 0 aliphatic heterocycles. The van der Waals surface area contributed by atoms with Crippen molar-refractivity contribution in [2.45, 2.75) is 65.5 Å². The molecule has 3 N–H and O–H groups in total. The highest BCUT2D eigenvalue weighted by Gasteiger charge is 2.32. The Morgan fingerprint density at radius 2 is 2.05 bits per heavy atom. The van der Waals surface area contributed by atoms with Gasteiger partial charge in [-0.05, 0) is 37.0 Å². The van der Waals surface area contributed by atoms with Crippen molar-refractivity contribution in [3.8, 4) is 0 Å². The summed E-state index contributed by atoms with van der Waals surface area (Å²) in [5, 5.41) is 5.74. The van der Waals surface area contributed by atoms with Crippen LogP contribution in [0.1, 0.15) is 68.4 Å². The van der Waals surface area contributed by atoms with E-state index in [0.717, 1.165) is 23.8 Å². The van der Waals surface area contributed by atoms with Gasteiger partial charge in [0.25, 0.3) is 5.91 Å². The minimum atomic E-state index is -0.0517. The van der Waals surface area contributed by atoms with Gasteiger partial charge >= 0.3 is 0 Å². The van der Waals surface area contributed by atoms with E-state index < -0.39 is 0 Å². The first-order valence-electron chi connectivity index (χ1n) is 7.91. The second kappa shape index (κ2) is 8.27. The Morgan fingerprint density at radius 1 is 1.41 bits per heavy atom. The minimum absolute atomic E-state index is 0. The van der Waals surface area contributed by atoms with E-state index >= 15 is 0 Å². The van der Waals surface area contributed by atoms with Crippen LogP contribution in [0.4, 0.5) is 0 Å². The number of nitrogens with one attached hydrogen (secondary N) is 1. The summed E-state index contributed by atoms with van der Waals surface area (Å²) in [5.74, 6) is 0.725. The van der Waals surface area contributed by atoms with Gasteiger partial charge in [0.1, 0.15) is 10.7 Å². The van der Waals surface area contributed by atoms with Gasteiger partial charge in [0.05, 0.1) is 0 Å². The van der Waals surface area contributed by atoms with E-state index in [4.69, 9.17) is 5.73 Å². The molecule has 0 saturated heterocycles. The molecule has 1 heterocycles. The van der Waals surface area contributed by atoms with Crippen LogP contribution in [0.15, 0.2) is 5.38 Å². The molecule has 1 fully saturated rings. The largest absolute Gasteiger partial charge is 0.348 e. The molecule has 0 spiro atoms. The summed E-state index contributed by atoms with van der Waals surface area (Å²) in [6.07, 6.45) is 5.78. The predicted molar refractivity (Wildman–Crippen MR) is 94.5 cm³/mol. The summed E-state index contributed by atoms with van der Waals surface area (Å²) in [6, 6.07) is 0.296. The van der Waals surface area contributed by atoms with Crippen molar-refractivity contribution < 1.29 is 4.79 Å². The third kappa shape index (κ3) is 4.67. The summed E-state index contributed by atoms with van der Waals surface area (Å²) in [6.45, 7) is 7.39. The zero-order valence-electron chi connectivity index (χ0n) is 13.7. The molecule has 1 aromatic rings. The maximum Gasteiger partial charge on any atom is 0.270 e. The normalized spacial score (nSPS) is 22.0. The molecule has 1 aromatic heterocycles. The standard InChI is InChI=1S/C16H27N3OS.ClH/c1-4-16(2,3)11-5-7-12(8-6-11)18-15(20)13-10-21-14(9-17)19-13;/h10-12H,4-9,17H2,1-3H3,(H,18,20);1H. The Balaban J connectivity index is 0.00000242. The smallest absolute Gasteiger partial charge is 0.270 e. The van der Waals surface area contributed by atoms with Crippen LogP contribution in [-0.4, -0.2) is 16.9 Å². The van der Waals surface area contributed by atoms with Crippen LogP contribution in [-0.2, 0) is 6.54 Å². The van der Waals surface area contributed by atoms with Crippen LogP contribution in [0.2, 0.25) is 0 Å². The molecule has 22 heavy (non-hydrogen) atoms. The molecule has 1 saturated carbocycles. The number of hydrogen-bond acceptors (Lipinski definition) is 4. The van der Waals surface area contributed by atoms with Crippen LogP contribution in [0.3, 0.4) is 0 Å². The molecule has 0 atom stereocenters. The van der Waals surface area contributed by atoms with E-state index in [1.54, 1.807) is 5.38 Å². The number of amides is 1. The van der Waals surface area contributed by atoms with Gasteiger partial charge in [0.15, 0.2) is 0 Å². The lowest BCUT2D eigenvalue weighted by atomic mass is 9.69. The highest BCUT2D eigenvalue weighted by atomic mass is 35.5. The van der Waals surface area contributed by atoms with Gasteiger partial charge in [-0.3, -0.25) is 4.79 Å². The molecule has 1 amide bonds. The van der Waals surface area contributed by atoms with Crippen LogP contribution in [0, 0.1) is 11.3 Å². The molecule has 1 aliphatic carbocycles. The van der Waals surface area contributed by atoms with Crippen molar-refractivity contribution in [2.75, 3.05) is 0 Å². The summed E-state index contributed by atoms with van der Waals surface area (Å²) < 4.78 is 0. The van der Waals surface area contributed by atoms with Gasteiger partial charge in [0, 0.05) is 18.0 Å². The van der Waals surface area contributed by atoms with Crippen LogP contribution in [0.25, 0.3) is 0 Å². The van der Waals surface area contributed by atoms with Crippen molar-refractivity contribution in [3.63, 3.8) is 0 Å². The van der Waals surface area contributed by atoms with Crippen molar-refractivity contribution >= 4 is 29.7 Å². The minimum Gasteiger partial charge on any atom is -0.348 e. The number of halogens is 1. The maximum absolute atomic E-state index is 12.2. The Labute approximate surface area is 143 Å². The monoisotopic (exact) mass is 345 g/mol. The van der Waals surface area contributed by atoms with Gasteiger partial charge in [-0.1, -0.05) is 27.2 Å². The molecule has 0 unspecified atom stereocenters. The van der Waals surface area contributed by atoms with E-state index in [9.17, 15) is 4.79 Å². The summed E-state index contributed by atoms with van der Waals surface area (Å²) in [7, 11) is 0. The van der Waals surface area contributed by atoms with Crippen LogP contribution >= 0.6 is 23.7 Å². The topological polar surface area (TPSA) is 68.0 Å². The SMILES string of the molecule is CCC(C)(C)C1CCC(NC(=O)c2csc(CN)n2)CC1.Cl. The second-order valence-electron chi connectivity index (χ2n) is 6.69. The van der Waals surface area contributed by atoms with Gasteiger partial charge in [0.2, 0.25) is 0 Å². The van der Waals surface area contributed by atoms with Gasteiger partial charge in [-0.25, -0.2) is 4.98 Å². The number of aromatic nitrogens is 1. The third-order valence-corrected chi connectivity index (χ3v) is 5.91. The molecule has 0 aromatic carbocycles. The van der Waals surface area contributed by atoms with Crippen molar-refractivity contribution in [1.82, 2.24) is 10.3 Å². The Morgan fingerprint density at radius 3 is 2.55 bits per heavy atom. The summed E-state index contributed by atoms with van der Waals surface area (Å²) in [4.78, 5) is 16.4. The predicted octanol–water partition coefficient (Wildman–Crippen LogP) is 3.75. The van der Waals surface area contributed by atoms with E-state index in [0.29, 0.717) is 23.7 Å². The average Bonchev–Trinajstić information content (AvgIpc) is 2.97. The maximum atomic E-state index is 12.2. The van der Waals surface area contributed by atoms with E-state index in [-0.39, 0.29) is 18.3 Å². The fourth-order valence-corrected chi connectivity index (χ4v) is 3.73. The molecule has 0 bridgehead atoms. The van der Waals surface area contributed by atoms with Crippen LogP contribution in [0.5, 0.6) is 0 Å². The summed E-state index contributed by atoms with van der Waals surface area (Å²) >= 11 is 1.45. The average molecular weight is 346 g/mol. The highest BCUT2D eigenvalue weighted by Crippen LogP contribution is 2.40. The number of carbonyl (C=O) groups is 1. The first kappa shape index (κ1) is 19.4. The molecule has 4 nitrogen and oxygen atoms in total. The van der Waals surface area contributed by atoms with Gasteiger partial charge < -0.3 is 11.1 Å². The molecular weight excluding hydrogens is 318 g/mol. The van der Waals surface area contributed by atoms with E-state index in [1.165, 1.54) is 30.6 Å². The number of nitrogens with two attached hydrogens (primary N) is 1. The van der Waals surface area contributed by atoms with Crippen molar-refractivity contribution in [1.29, 1.82) is 0 Å². The van der Waals surface area contributed by atoms with Crippen molar-refractivity contribution in [2.24, 2.45) is 17.1 Å². The lowest BCUT2D eigenvalue weighted by Gasteiger charge is -2.39. The lowest BCUT2D eigenvalue weighted by molar-refractivity contribution is 0.0889. The zero-order valence-corrected chi connectivity index (χ0v) is 15.4. The van der Waals surface area contributed by atoms with E-state index in [2.05, 4.69) is 31.1 Å². The molecule has 1 aliphatic rings. The Kier molecular flexibility index (Phi) is 7.29. The number of nitrogens with zero attached hydrogens (tertiary/aromatic N) is 1. The van der Waals surface area contributed by atoms with Gasteiger partial charge in [-0.2, -0.15) is 0 Å². The number of thiazole rings is 1. The van der Waals surface area contributed by atoms with E-state index in [1.807, 2.05) is 0 Å². The number of carbonyl (C=O) groups excluding carboxylic acids is 1. The lowest BCUT2D eigenvalue weighted by Crippen LogP contribution is -2.40. The number of rotatable bonds is 5. The first-order chi connectivity index (χ1) is 9.96. The highest BCUT2D eigenvalue weighted by molar-refractivity contribution is 7.09. The molecular formula is C16H28ClN3OS. The van der Waals surface area contributed by atoms with Crippen molar-refractivity contribution in [3.05, 3.63) is 16.1 Å². The Hall–Kier alpha value is -0.650. The quantitative estimate of drug-likeness (QED) is 0.853. The van der Waals surface area contributed by atoms with Gasteiger partial charge in [-0.15, -0.1) is 23.7 Å². The third-order valence-electron chi connectivity index (χ3n) is 5.04. The molecule has 126 valence electrons. The Bertz CT molecular complexity index is 481. The molecule has 2 rings (SSSR count). The molecule has 6 heteroatoms. The number of hydrogen-bond donors (Lipinski definition) is 2. The zero-order chi connectivity index (χ0) is 15.5. The fraction of sp³-hybridized carbons (Fsp3) is 0.750. The van der Waals surface area contributed by atoms with Crippen LogP contribution < -0.4 is 11.1 Å².